The van der Waals surface area contributed by atoms with Crippen LogP contribution in [0.3, 0.4) is 0 Å². The highest BCUT2D eigenvalue weighted by molar-refractivity contribution is 6.26. The van der Waals surface area contributed by atoms with Crippen LogP contribution in [-0.4, -0.2) is 68.7 Å². The molecule has 0 aromatic rings. The predicted octanol–water partition coefficient (Wildman–Crippen LogP) is 4.59. The third-order valence-electron chi connectivity index (χ3n) is 6.92. The minimum absolute atomic E-state index is 0.0133. The zero-order valence-corrected chi connectivity index (χ0v) is 22.7. The Morgan fingerprint density at radius 1 is 0.722 bits per heavy atom. The molecule has 2 aliphatic carbocycles. The summed E-state index contributed by atoms with van der Waals surface area (Å²) in [7, 11) is 0. The number of carbonyl (C=O) groups excluding carboxylic acids is 2. The summed E-state index contributed by atoms with van der Waals surface area (Å²) in [5.74, 6) is -0.428. The third kappa shape index (κ3) is 7.59. The van der Waals surface area contributed by atoms with Crippen molar-refractivity contribution in [3.8, 4) is 0 Å². The molecular weight excluding hydrogens is 460 g/mol. The lowest BCUT2D eigenvalue weighted by atomic mass is 9.74. The Kier molecular flexibility index (Phi) is 10.2. The van der Waals surface area contributed by atoms with Crippen molar-refractivity contribution in [3.05, 3.63) is 22.7 Å². The van der Waals surface area contributed by atoms with Crippen LogP contribution in [0, 0.1) is 10.8 Å². The molecule has 0 saturated heterocycles. The van der Waals surface area contributed by atoms with Gasteiger partial charge in [-0.15, -0.1) is 0 Å². The van der Waals surface area contributed by atoms with Gasteiger partial charge in [-0.2, -0.15) is 0 Å². The second-order valence-electron chi connectivity index (χ2n) is 11.7. The lowest BCUT2D eigenvalue weighted by Crippen LogP contribution is -2.32. The highest BCUT2D eigenvalue weighted by Crippen LogP contribution is 2.38. The summed E-state index contributed by atoms with van der Waals surface area (Å²) in [5, 5.41) is 41.2. The van der Waals surface area contributed by atoms with Gasteiger partial charge < -0.3 is 20.4 Å². The van der Waals surface area contributed by atoms with E-state index in [1.165, 1.54) is 0 Å². The lowest BCUT2D eigenvalue weighted by molar-refractivity contribution is -0.118. The van der Waals surface area contributed by atoms with Crippen LogP contribution in [0.1, 0.15) is 92.9 Å². The topological polar surface area (TPSA) is 140 Å². The smallest absolute Gasteiger partial charge is 0.168 e. The van der Waals surface area contributed by atoms with Crippen molar-refractivity contribution in [2.45, 2.75) is 105 Å². The second kappa shape index (κ2) is 12.3. The molecule has 0 aromatic heterocycles. The summed E-state index contributed by atoms with van der Waals surface area (Å²) in [6, 6.07) is -0.872. The standard InChI is InChI=1S/C28H44N2O6/c1-7-17(15-31)29-19(25-21(33)11-27(3,4)12-22(25)34)9-10-20(30-18(8-2)16-32)26-23(35)13-28(5,6)14-24(26)36/h17-18,31-33,35H,7-16H2,1-6H3. The number of carbonyl (C=O) groups is 2. The van der Waals surface area contributed by atoms with E-state index in [-0.39, 0.29) is 84.0 Å². The molecule has 8 nitrogen and oxygen atoms in total. The molecule has 0 aliphatic heterocycles. The van der Waals surface area contributed by atoms with Gasteiger partial charge in [0.2, 0.25) is 0 Å². The number of aliphatic hydroxyl groups is 4. The Hall–Kier alpha value is -2.32. The molecule has 36 heavy (non-hydrogen) atoms. The number of allylic oxidation sites excluding steroid dienone is 4. The molecule has 8 heteroatoms. The number of aliphatic imine (C=N–C) groups is 2. The average Bonchev–Trinajstić information content (AvgIpc) is 2.75. The Morgan fingerprint density at radius 3 is 1.31 bits per heavy atom. The first-order chi connectivity index (χ1) is 16.8. The van der Waals surface area contributed by atoms with Crippen molar-refractivity contribution in [2.75, 3.05) is 13.2 Å². The first-order valence-electron chi connectivity index (χ1n) is 13.0. The lowest BCUT2D eigenvalue weighted by Gasteiger charge is -2.31. The van der Waals surface area contributed by atoms with Gasteiger partial charge in [-0.25, -0.2) is 0 Å². The van der Waals surface area contributed by atoms with Crippen LogP contribution in [0.15, 0.2) is 32.6 Å². The van der Waals surface area contributed by atoms with E-state index in [1.54, 1.807) is 0 Å². The van der Waals surface area contributed by atoms with Gasteiger partial charge in [0.25, 0.3) is 0 Å². The molecule has 0 saturated carbocycles. The van der Waals surface area contributed by atoms with Gasteiger partial charge in [-0.05, 0) is 36.5 Å². The maximum Gasteiger partial charge on any atom is 0.168 e. The van der Waals surface area contributed by atoms with Crippen molar-refractivity contribution in [1.82, 2.24) is 0 Å². The maximum atomic E-state index is 13.1. The van der Waals surface area contributed by atoms with Gasteiger partial charge in [-0.3, -0.25) is 19.6 Å². The number of rotatable bonds is 11. The van der Waals surface area contributed by atoms with E-state index < -0.39 is 12.1 Å². The van der Waals surface area contributed by atoms with E-state index in [2.05, 4.69) is 9.98 Å². The molecular formula is C28H44N2O6. The molecule has 0 radical (unpaired) electrons. The van der Waals surface area contributed by atoms with Crippen molar-refractivity contribution < 1.29 is 30.0 Å². The average molecular weight is 505 g/mol. The summed E-state index contributed by atoms with van der Waals surface area (Å²) >= 11 is 0. The third-order valence-corrected chi connectivity index (χ3v) is 6.92. The van der Waals surface area contributed by atoms with Crippen LogP contribution in [-0.2, 0) is 9.59 Å². The highest BCUT2D eigenvalue weighted by Gasteiger charge is 2.37. The van der Waals surface area contributed by atoms with E-state index in [1.807, 2.05) is 41.5 Å². The number of nitrogens with zero attached hydrogens (tertiary/aromatic N) is 2. The van der Waals surface area contributed by atoms with E-state index in [4.69, 9.17) is 0 Å². The number of hydrogen-bond acceptors (Lipinski definition) is 8. The fourth-order valence-electron chi connectivity index (χ4n) is 4.94. The van der Waals surface area contributed by atoms with Crippen molar-refractivity contribution in [1.29, 1.82) is 0 Å². The molecule has 0 bridgehead atoms. The van der Waals surface area contributed by atoms with Gasteiger partial charge in [-0.1, -0.05) is 41.5 Å². The van der Waals surface area contributed by atoms with Gasteiger partial charge in [0.15, 0.2) is 11.6 Å². The van der Waals surface area contributed by atoms with Crippen molar-refractivity contribution >= 4 is 23.0 Å². The zero-order chi connectivity index (χ0) is 27.3. The summed E-state index contributed by atoms with van der Waals surface area (Å²) in [6.45, 7) is 11.1. The molecule has 2 rings (SSSR count). The van der Waals surface area contributed by atoms with E-state index in [0.29, 0.717) is 37.1 Å². The zero-order valence-electron chi connectivity index (χ0n) is 22.7. The van der Waals surface area contributed by atoms with Crippen LogP contribution in [0.5, 0.6) is 0 Å². The Balaban J connectivity index is 2.54. The monoisotopic (exact) mass is 504 g/mol. The quantitative estimate of drug-likeness (QED) is 0.303. The van der Waals surface area contributed by atoms with Gasteiger partial charge in [0.05, 0.1) is 36.4 Å². The molecule has 2 aliphatic rings. The number of Topliss-reactive ketones (excluding diaryl/α,β-unsaturated/α-hetero) is 2. The SMILES string of the molecule is CCC(CO)N=C(CCC(=NC(CC)CO)C1=C(O)CC(C)(C)CC1=O)C1=C(O)CC(C)(C)CC1=O. The summed E-state index contributed by atoms with van der Waals surface area (Å²) < 4.78 is 0. The second-order valence-corrected chi connectivity index (χ2v) is 11.7. The highest BCUT2D eigenvalue weighted by atomic mass is 16.3. The summed E-state index contributed by atoms with van der Waals surface area (Å²) in [4.78, 5) is 35.5. The summed E-state index contributed by atoms with van der Waals surface area (Å²) in [6.07, 6.45) is 2.70. The van der Waals surface area contributed by atoms with Gasteiger partial charge >= 0.3 is 0 Å². The fraction of sp³-hybridized carbons (Fsp3) is 0.714. The van der Waals surface area contributed by atoms with Crippen LogP contribution in [0.2, 0.25) is 0 Å². The molecule has 2 unspecified atom stereocenters. The normalized spacial score (nSPS) is 22.8. The molecule has 0 spiro atoms. The van der Waals surface area contributed by atoms with E-state index >= 15 is 0 Å². The Labute approximate surface area is 214 Å². The van der Waals surface area contributed by atoms with Crippen LogP contribution in [0.4, 0.5) is 0 Å². The molecule has 0 fully saturated rings. The van der Waals surface area contributed by atoms with E-state index in [0.717, 1.165) is 0 Å². The summed E-state index contributed by atoms with van der Waals surface area (Å²) in [5.41, 5.74) is 0.395. The van der Waals surface area contributed by atoms with Crippen molar-refractivity contribution in [2.24, 2.45) is 20.8 Å². The molecule has 202 valence electrons. The molecule has 0 heterocycles. The Morgan fingerprint density at radius 2 is 1.06 bits per heavy atom. The van der Waals surface area contributed by atoms with Gasteiger partial charge in [0.1, 0.15) is 11.5 Å². The largest absolute Gasteiger partial charge is 0.511 e. The number of ketones is 2. The molecule has 4 N–H and O–H groups in total. The van der Waals surface area contributed by atoms with Crippen molar-refractivity contribution in [3.63, 3.8) is 0 Å². The van der Waals surface area contributed by atoms with Crippen LogP contribution >= 0.6 is 0 Å². The van der Waals surface area contributed by atoms with E-state index in [9.17, 15) is 30.0 Å². The van der Waals surface area contributed by atoms with Crippen LogP contribution < -0.4 is 0 Å². The minimum atomic E-state index is -0.436. The first kappa shape index (κ1) is 29.9. The fourth-order valence-corrected chi connectivity index (χ4v) is 4.94. The first-order valence-corrected chi connectivity index (χ1v) is 13.0. The predicted molar refractivity (Wildman–Crippen MR) is 142 cm³/mol. The molecule has 2 atom stereocenters. The number of aliphatic hydroxyl groups excluding tert-OH is 4. The minimum Gasteiger partial charge on any atom is -0.511 e. The Bertz CT molecular complexity index is 885. The number of hydrogen-bond donors (Lipinski definition) is 4. The molecule has 0 amide bonds. The molecule has 0 aromatic carbocycles. The van der Waals surface area contributed by atoms with Crippen LogP contribution in [0.25, 0.3) is 0 Å². The maximum absolute atomic E-state index is 13.1. The van der Waals surface area contributed by atoms with Gasteiger partial charge in [0, 0.05) is 37.1 Å².